The Morgan fingerprint density at radius 3 is 2.09 bits per heavy atom. The summed E-state index contributed by atoms with van der Waals surface area (Å²) in [6.07, 6.45) is 6.06. The number of ether oxygens (including phenoxy) is 1. The molecule has 2 aromatic carbocycles. The summed E-state index contributed by atoms with van der Waals surface area (Å²) in [6.45, 7) is 7.68. The molecule has 9 nitrogen and oxygen atoms in total. The normalized spacial score (nSPS) is 18.4. The minimum Gasteiger partial charge on any atom is -0.462 e. The van der Waals surface area contributed by atoms with Crippen LogP contribution in [0, 0.1) is 5.92 Å². The number of nitrogens with zero attached hydrogens (tertiary/aromatic N) is 1. The predicted octanol–water partition coefficient (Wildman–Crippen LogP) is 4.16. The summed E-state index contributed by atoms with van der Waals surface area (Å²) in [5, 5.41) is 20.8. The van der Waals surface area contributed by atoms with Crippen LogP contribution in [0.3, 0.4) is 0 Å². The van der Waals surface area contributed by atoms with Gasteiger partial charge in [0, 0.05) is 42.1 Å². The number of hydrogen-bond donors (Lipinski definition) is 4. The van der Waals surface area contributed by atoms with E-state index >= 15 is 0 Å². The molecule has 1 fully saturated rings. The summed E-state index contributed by atoms with van der Waals surface area (Å²) in [5.41, 5.74) is 2.72. The molecule has 4 rings (SSSR count). The van der Waals surface area contributed by atoms with Gasteiger partial charge < -0.3 is 30.7 Å². The fourth-order valence-corrected chi connectivity index (χ4v) is 5.54. The Morgan fingerprint density at radius 1 is 0.911 bits per heavy atom. The average molecular weight is 617 g/mol. The molecule has 0 bridgehead atoms. The van der Waals surface area contributed by atoms with Crippen molar-refractivity contribution in [1.29, 1.82) is 0 Å². The van der Waals surface area contributed by atoms with Gasteiger partial charge in [-0.25, -0.2) is 0 Å². The summed E-state index contributed by atoms with van der Waals surface area (Å²) < 4.78 is 5.37. The molecule has 1 heterocycles. The molecule has 1 saturated carbocycles. The molecule has 1 unspecified atom stereocenters. The highest BCUT2D eigenvalue weighted by Crippen LogP contribution is 2.32. The molecule has 2 aliphatic rings. The second-order valence-corrected chi connectivity index (χ2v) is 12.3. The first-order valence-electron chi connectivity index (χ1n) is 16.1. The lowest BCUT2D eigenvalue weighted by atomic mass is 9.84. The maximum absolute atomic E-state index is 14.1. The molecule has 2 aromatic rings. The van der Waals surface area contributed by atoms with Crippen molar-refractivity contribution in [3.63, 3.8) is 0 Å². The number of hydrogen-bond acceptors (Lipinski definition) is 7. The van der Waals surface area contributed by atoms with Gasteiger partial charge in [-0.05, 0) is 57.6 Å². The number of amides is 2. The summed E-state index contributed by atoms with van der Waals surface area (Å²) in [5.74, 6) is -1.65. The van der Waals surface area contributed by atoms with Gasteiger partial charge in [0.25, 0.3) is 0 Å². The van der Waals surface area contributed by atoms with Crippen LogP contribution in [-0.2, 0) is 25.5 Å². The quantitative estimate of drug-likeness (QED) is 0.209. The lowest BCUT2D eigenvalue weighted by molar-refractivity contribution is -0.147. The van der Waals surface area contributed by atoms with Crippen LogP contribution in [-0.4, -0.2) is 65.2 Å². The highest BCUT2D eigenvalue weighted by Gasteiger charge is 2.35. The molecule has 2 amide bonds. The topological polar surface area (TPSA) is 120 Å². The SMILES string of the molecule is CCCC1C(C(=O)N[C@@H](Cc2ccccc2)[C@H](O)CNC2CC2)=CN(CC(=O)OC(C)C)C=C1C(=O)N[C@H](C)c1ccccc1. The zero-order valence-corrected chi connectivity index (χ0v) is 26.9. The van der Waals surface area contributed by atoms with Gasteiger partial charge >= 0.3 is 5.97 Å². The van der Waals surface area contributed by atoms with Gasteiger partial charge in [0.15, 0.2) is 0 Å². The monoisotopic (exact) mass is 616 g/mol. The molecular weight excluding hydrogens is 568 g/mol. The Hall–Kier alpha value is -3.95. The minimum atomic E-state index is -0.828. The van der Waals surface area contributed by atoms with E-state index in [2.05, 4.69) is 16.0 Å². The van der Waals surface area contributed by atoms with Crippen LogP contribution in [0.5, 0.6) is 0 Å². The summed E-state index contributed by atoms with van der Waals surface area (Å²) in [7, 11) is 0. The van der Waals surface area contributed by atoms with Crippen molar-refractivity contribution in [2.24, 2.45) is 5.92 Å². The van der Waals surface area contributed by atoms with Gasteiger partial charge in [0.2, 0.25) is 11.8 Å². The lowest BCUT2D eigenvalue weighted by Crippen LogP contribution is -2.50. The predicted molar refractivity (Wildman–Crippen MR) is 175 cm³/mol. The summed E-state index contributed by atoms with van der Waals surface area (Å²) in [6, 6.07) is 19.0. The molecule has 9 heteroatoms. The number of carbonyl (C=O) groups excluding carboxylic acids is 3. The average Bonchev–Trinajstić information content (AvgIpc) is 3.85. The van der Waals surface area contributed by atoms with Crippen LogP contribution in [0.1, 0.15) is 70.5 Å². The minimum absolute atomic E-state index is 0.153. The van der Waals surface area contributed by atoms with Crippen molar-refractivity contribution in [1.82, 2.24) is 20.9 Å². The second-order valence-electron chi connectivity index (χ2n) is 12.3. The number of aliphatic hydroxyl groups is 1. The Bertz CT molecular complexity index is 1340. The maximum Gasteiger partial charge on any atom is 0.326 e. The maximum atomic E-state index is 14.1. The van der Waals surface area contributed by atoms with Crippen molar-refractivity contribution < 1.29 is 24.2 Å². The van der Waals surface area contributed by atoms with E-state index in [4.69, 9.17) is 4.74 Å². The van der Waals surface area contributed by atoms with Gasteiger partial charge in [-0.15, -0.1) is 0 Å². The summed E-state index contributed by atoms with van der Waals surface area (Å²) >= 11 is 0. The molecule has 1 aliphatic carbocycles. The number of esters is 1. The molecule has 0 spiro atoms. The van der Waals surface area contributed by atoms with E-state index in [1.807, 2.05) is 74.5 Å². The Kier molecular flexibility index (Phi) is 12.4. The van der Waals surface area contributed by atoms with E-state index in [-0.39, 0.29) is 30.5 Å². The standard InChI is InChI=1S/C36H48N4O5/c1-5-12-29-30(35(43)38-25(4)27-15-10-7-11-16-27)21-40(23-34(42)45-24(2)3)22-31(29)36(44)39-32(19-26-13-8-6-9-14-26)33(41)20-37-28-17-18-28/h6-11,13-16,21-22,24-25,28-29,32-33,37,41H,5,12,17-20,23H2,1-4H3,(H,38,43)(H,39,44)/t25-,29?,32+,33-/m1/s1. The number of nitrogens with one attached hydrogen (secondary N) is 3. The summed E-state index contributed by atoms with van der Waals surface area (Å²) in [4.78, 5) is 42.2. The van der Waals surface area contributed by atoms with Crippen LogP contribution >= 0.6 is 0 Å². The molecule has 0 aromatic heterocycles. The first kappa shape index (κ1) is 33.9. The molecule has 4 atom stereocenters. The van der Waals surface area contributed by atoms with Gasteiger partial charge in [0.1, 0.15) is 6.54 Å². The van der Waals surface area contributed by atoms with E-state index in [1.54, 1.807) is 31.1 Å². The third-order valence-corrected chi connectivity index (χ3v) is 8.06. The molecular formula is C36H48N4O5. The Labute approximate surface area is 267 Å². The Balaban J connectivity index is 1.61. The molecule has 242 valence electrons. The van der Waals surface area contributed by atoms with E-state index < -0.39 is 24.0 Å². The van der Waals surface area contributed by atoms with Crippen molar-refractivity contribution in [2.45, 2.75) is 90.1 Å². The van der Waals surface area contributed by atoms with E-state index in [0.29, 0.717) is 36.6 Å². The zero-order valence-electron chi connectivity index (χ0n) is 26.9. The fourth-order valence-electron chi connectivity index (χ4n) is 5.54. The van der Waals surface area contributed by atoms with Crippen molar-refractivity contribution in [2.75, 3.05) is 13.1 Å². The molecule has 0 saturated heterocycles. The van der Waals surface area contributed by atoms with Crippen LogP contribution in [0.15, 0.2) is 84.2 Å². The van der Waals surface area contributed by atoms with Crippen molar-refractivity contribution in [3.8, 4) is 0 Å². The first-order chi connectivity index (χ1) is 21.6. The van der Waals surface area contributed by atoms with Gasteiger partial charge in [0.05, 0.1) is 24.3 Å². The second kappa shape index (κ2) is 16.4. The highest BCUT2D eigenvalue weighted by atomic mass is 16.5. The highest BCUT2D eigenvalue weighted by molar-refractivity contribution is 6.01. The number of aliphatic hydroxyl groups excluding tert-OH is 1. The molecule has 45 heavy (non-hydrogen) atoms. The third-order valence-electron chi connectivity index (χ3n) is 8.06. The number of rotatable bonds is 16. The van der Waals surface area contributed by atoms with Gasteiger partial charge in [-0.1, -0.05) is 74.0 Å². The van der Waals surface area contributed by atoms with Crippen molar-refractivity contribution >= 4 is 17.8 Å². The van der Waals surface area contributed by atoms with Gasteiger partial charge in [-0.2, -0.15) is 0 Å². The van der Waals surface area contributed by atoms with Crippen LogP contribution < -0.4 is 16.0 Å². The smallest absolute Gasteiger partial charge is 0.326 e. The van der Waals surface area contributed by atoms with Crippen LogP contribution in [0.4, 0.5) is 0 Å². The van der Waals surface area contributed by atoms with Crippen molar-refractivity contribution in [3.05, 3.63) is 95.3 Å². The molecule has 0 radical (unpaired) electrons. The first-order valence-corrected chi connectivity index (χ1v) is 16.1. The zero-order chi connectivity index (χ0) is 32.3. The molecule has 1 aliphatic heterocycles. The number of carbonyl (C=O) groups is 3. The lowest BCUT2D eigenvalue weighted by Gasteiger charge is -2.32. The molecule has 4 N–H and O–H groups in total. The third kappa shape index (κ3) is 10.3. The fraction of sp³-hybridized carbons (Fsp3) is 0.472. The van der Waals surface area contributed by atoms with E-state index in [1.165, 1.54) is 0 Å². The van der Waals surface area contributed by atoms with Crippen LogP contribution in [0.25, 0.3) is 0 Å². The van der Waals surface area contributed by atoms with Crippen LogP contribution in [0.2, 0.25) is 0 Å². The van der Waals surface area contributed by atoms with E-state index in [0.717, 1.165) is 30.4 Å². The van der Waals surface area contributed by atoms with Gasteiger partial charge in [-0.3, -0.25) is 14.4 Å². The van der Waals surface area contributed by atoms with E-state index in [9.17, 15) is 19.5 Å². The number of benzene rings is 2. The largest absolute Gasteiger partial charge is 0.462 e. The Morgan fingerprint density at radius 2 is 1.51 bits per heavy atom.